The Morgan fingerprint density at radius 2 is 2.18 bits per heavy atom. The van der Waals surface area contributed by atoms with Crippen LogP contribution in [0, 0.1) is 11.8 Å². The fourth-order valence-corrected chi connectivity index (χ4v) is 3.14. The van der Waals surface area contributed by atoms with Crippen molar-refractivity contribution >= 4 is 0 Å². The smallest absolute Gasteiger partial charge is 0.0480 e. The van der Waals surface area contributed by atoms with E-state index in [1.54, 1.807) is 5.57 Å². The van der Waals surface area contributed by atoms with Gasteiger partial charge >= 0.3 is 0 Å². The van der Waals surface area contributed by atoms with Gasteiger partial charge in [0.1, 0.15) is 0 Å². The van der Waals surface area contributed by atoms with Gasteiger partial charge in [-0.05, 0) is 50.9 Å². The topological polar surface area (TPSA) is 21.3 Å². The molecule has 0 amide bonds. The van der Waals surface area contributed by atoms with Crippen LogP contribution in [0.5, 0.6) is 0 Å². The fraction of sp³-hybridized carbons (Fsp3) is 0.867. The minimum atomic E-state index is 0.680. The van der Waals surface area contributed by atoms with E-state index in [0.717, 1.165) is 31.6 Å². The molecule has 1 aliphatic heterocycles. The van der Waals surface area contributed by atoms with Crippen molar-refractivity contribution in [3.8, 4) is 0 Å². The van der Waals surface area contributed by atoms with E-state index < -0.39 is 0 Å². The first-order valence-electron chi connectivity index (χ1n) is 7.25. The van der Waals surface area contributed by atoms with Crippen LogP contribution >= 0.6 is 0 Å². The molecule has 0 spiro atoms. The van der Waals surface area contributed by atoms with Gasteiger partial charge in [-0.1, -0.05) is 18.6 Å². The third-order valence-corrected chi connectivity index (χ3v) is 4.44. The molecule has 3 atom stereocenters. The van der Waals surface area contributed by atoms with Crippen molar-refractivity contribution in [1.82, 2.24) is 5.32 Å². The zero-order valence-corrected chi connectivity index (χ0v) is 11.4. The van der Waals surface area contributed by atoms with Crippen LogP contribution in [0.3, 0.4) is 0 Å². The highest BCUT2D eigenvalue weighted by Gasteiger charge is 2.23. The molecule has 0 aromatic rings. The lowest BCUT2D eigenvalue weighted by Gasteiger charge is -2.30. The maximum Gasteiger partial charge on any atom is 0.0480 e. The first kappa shape index (κ1) is 13.1. The van der Waals surface area contributed by atoms with E-state index in [0.29, 0.717) is 6.04 Å². The second kappa shape index (κ2) is 6.55. The van der Waals surface area contributed by atoms with Crippen LogP contribution in [0.25, 0.3) is 0 Å². The number of ether oxygens (including phenoxy) is 1. The maximum absolute atomic E-state index is 5.51. The van der Waals surface area contributed by atoms with Gasteiger partial charge in [0.25, 0.3) is 0 Å². The van der Waals surface area contributed by atoms with E-state index in [9.17, 15) is 0 Å². The first-order chi connectivity index (χ1) is 8.27. The molecule has 0 radical (unpaired) electrons. The molecule has 2 heteroatoms. The molecule has 0 bridgehead atoms. The van der Waals surface area contributed by atoms with Crippen LogP contribution in [-0.2, 0) is 4.74 Å². The average molecular weight is 237 g/mol. The summed E-state index contributed by atoms with van der Waals surface area (Å²) < 4.78 is 5.51. The lowest BCUT2D eigenvalue weighted by Crippen LogP contribution is -2.36. The maximum atomic E-state index is 5.51. The number of rotatable bonds is 3. The summed E-state index contributed by atoms with van der Waals surface area (Å²) in [5.74, 6) is 1.60. The normalized spacial score (nSPS) is 35.2. The van der Waals surface area contributed by atoms with Gasteiger partial charge in [0, 0.05) is 25.8 Å². The monoisotopic (exact) mass is 237 g/mol. The summed E-state index contributed by atoms with van der Waals surface area (Å²) in [6, 6.07) is 0.680. The highest BCUT2D eigenvalue weighted by Crippen LogP contribution is 2.29. The van der Waals surface area contributed by atoms with Gasteiger partial charge in [-0.25, -0.2) is 0 Å². The molecule has 17 heavy (non-hydrogen) atoms. The average Bonchev–Trinajstić information content (AvgIpc) is 2.57. The van der Waals surface area contributed by atoms with Crippen molar-refractivity contribution in [3.05, 3.63) is 11.6 Å². The van der Waals surface area contributed by atoms with Gasteiger partial charge in [0.2, 0.25) is 0 Å². The van der Waals surface area contributed by atoms with Gasteiger partial charge in [0.05, 0.1) is 0 Å². The van der Waals surface area contributed by atoms with E-state index in [4.69, 9.17) is 4.74 Å². The molecule has 0 aromatic heterocycles. The van der Waals surface area contributed by atoms with Crippen molar-refractivity contribution in [1.29, 1.82) is 0 Å². The molecule has 0 unspecified atom stereocenters. The molecule has 1 saturated heterocycles. The van der Waals surface area contributed by atoms with Gasteiger partial charge in [-0.2, -0.15) is 0 Å². The van der Waals surface area contributed by atoms with Crippen LogP contribution in [0.1, 0.15) is 46.0 Å². The predicted octanol–water partition coefficient (Wildman–Crippen LogP) is 3.14. The third kappa shape index (κ3) is 3.82. The summed E-state index contributed by atoms with van der Waals surface area (Å²) in [5, 5.41) is 3.77. The number of hydrogen-bond acceptors (Lipinski definition) is 2. The molecule has 2 rings (SSSR count). The molecule has 2 nitrogen and oxygen atoms in total. The molecule has 1 heterocycles. The Morgan fingerprint density at radius 1 is 1.29 bits per heavy atom. The summed E-state index contributed by atoms with van der Waals surface area (Å²) in [6.45, 7) is 7.76. The largest absolute Gasteiger partial charge is 0.381 e. The summed E-state index contributed by atoms with van der Waals surface area (Å²) in [7, 11) is 0. The Hall–Kier alpha value is -0.340. The van der Waals surface area contributed by atoms with Crippen molar-refractivity contribution < 1.29 is 4.74 Å². The van der Waals surface area contributed by atoms with Crippen LogP contribution in [-0.4, -0.2) is 25.8 Å². The third-order valence-electron chi connectivity index (χ3n) is 4.44. The summed E-state index contributed by atoms with van der Waals surface area (Å²) in [5.41, 5.74) is 1.60. The van der Waals surface area contributed by atoms with Crippen LogP contribution in [0.4, 0.5) is 0 Å². The van der Waals surface area contributed by atoms with Crippen molar-refractivity contribution in [2.45, 2.75) is 52.0 Å². The van der Waals surface area contributed by atoms with Crippen molar-refractivity contribution in [2.75, 3.05) is 19.8 Å². The number of nitrogens with one attached hydrogen (secondary N) is 1. The Morgan fingerprint density at radius 3 is 3.00 bits per heavy atom. The minimum Gasteiger partial charge on any atom is -0.381 e. The van der Waals surface area contributed by atoms with Crippen LogP contribution in [0.15, 0.2) is 11.6 Å². The molecule has 1 N–H and O–H groups in total. The Bertz CT molecular complexity index is 254. The van der Waals surface area contributed by atoms with Crippen molar-refractivity contribution in [2.24, 2.45) is 11.8 Å². The SMILES string of the molecule is CC1=CCC[C@H](C)[C@H]1CN[C@H]1CCCOCC1. The van der Waals surface area contributed by atoms with Gasteiger partial charge in [0.15, 0.2) is 0 Å². The Labute approximate surface area is 106 Å². The lowest BCUT2D eigenvalue weighted by atomic mass is 9.80. The summed E-state index contributed by atoms with van der Waals surface area (Å²) in [6.07, 6.45) is 8.75. The predicted molar refractivity (Wildman–Crippen MR) is 72.1 cm³/mol. The Kier molecular flexibility index (Phi) is 5.05. The highest BCUT2D eigenvalue weighted by molar-refractivity contribution is 5.09. The molecule has 0 aromatic carbocycles. The molecule has 0 saturated carbocycles. The second-order valence-electron chi connectivity index (χ2n) is 5.76. The molecule has 2 aliphatic rings. The van der Waals surface area contributed by atoms with Gasteiger partial charge in [-0.15, -0.1) is 0 Å². The molecule has 1 aliphatic carbocycles. The second-order valence-corrected chi connectivity index (χ2v) is 5.76. The lowest BCUT2D eigenvalue weighted by molar-refractivity contribution is 0.142. The van der Waals surface area contributed by atoms with E-state index in [-0.39, 0.29) is 0 Å². The standard InChI is InChI=1S/C15H27NO/c1-12-5-3-6-13(2)15(12)11-16-14-7-4-9-17-10-8-14/h5,13-16H,3-4,6-11H2,1-2H3/t13-,14-,15-/m0/s1. The van der Waals surface area contributed by atoms with Crippen LogP contribution in [0.2, 0.25) is 0 Å². The molecule has 98 valence electrons. The van der Waals surface area contributed by atoms with Gasteiger partial charge < -0.3 is 10.1 Å². The first-order valence-corrected chi connectivity index (χ1v) is 7.25. The zero-order valence-electron chi connectivity index (χ0n) is 11.4. The summed E-state index contributed by atoms with van der Waals surface area (Å²) >= 11 is 0. The van der Waals surface area contributed by atoms with Crippen LogP contribution < -0.4 is 5.32 Å². The van der Waals surface area contributed by atoms with E-state index in [2.05, 4.69) is 25.2 Å². The van der Waals surface area contributed by atoms with Gasteiger partial charge in [-0.3, -0.25) is 0 Å². The van der Waals surface area contributed by atoms with E-state index in [1.165, 1.54) is 32.1 Å². The molecular weight excluding hydrogens is 210 g/mol. The number of hydrogen-bond donors (Lipinski definition) is 1. The number of allylic oxidation sites excluding steroid dienone is 1. The van der Waals surface area contributed by atoms with E-state index >= 15 is 0 Å². The van der Waals surface area contributed by atoms with E-state index in [1.807, 2.05) is 0 Å². The molecule has 1 fully saturated rings. The molecular formula is C15H27NO. The fourth-order valence-electron chi connectivity index (χ4n) is 3.14. The minimum absolute atomic E-state index is 0.680. The Balaban J connectivity index is 1.79. The summed E-state index contributed by atoms with van der Waals surface area (Å²) in [4.78, 5) is 0. The zero-order chi connectivity index (χ0) is 12.1. The van der Waals surface area contributed by atoms with Crippen molar-refractivity contribution in [3.63, 3.8) is 0 Å². The quantitative estimate of drug-likeness (QED) is 0.761. The highest BCUT2D eigenvalue weighted by atomic mass is 16.5.